The maximum absolute atomic E-state index is 14.7. The van der Waals surface area contributed by atoms with Gasteiger partial charge in [-0.15, -0.1) is 0 Å². The SMILES string of the molecule is Cc1nc2cc(C3CCCN3)nn2c(-c2ccccc2)c1F. The van der Waals surface area contributed by atoms with Crippen molar-refractivity contribution in [3.63, 3.8) is 0 Å². The standard InChI is InChI=1S/C17H17FN4/c1-11-16(18)17(12-6-3-2-4-7-12)22-15(20-11)10-14(21-22)13-8-5-9-19-13/h2-4,6-7,10,13,19H,5,8-9H2,1H3. The Morgan fingerprint density at radius 1 is 1.27 bits per heavy atom. The van der Waals surface area contributed by atoms with Gasteiger partial charge in [0.25, 0.3) is 0 Å². The molecule has 0 spiro atoms. The fraction of sp³-hybridized carbons (Fsp3) is 0.294. The van der Waals surface area contributed by atoms with Gasteiger partial charge in [-0.25, -0.2) is 13.9 Å². The van der Waals surface area contributed by atoms with Crippen LogP contribution in [0.4, 0.5) is 4.39 Å². The van der Waals surface area contributed by atoms with Crippen LogP contribution in [0.5, 0.6) is 0 Å². The third kappa shape index (κ3) is 2.09. The van der Waals surface area contributed by atoms with E-state index in [2.05, 4.69) is 15.4 Å². The van der Waals surface area contributed by atoms with Crippen LogP contribution in [0, 0.1) is 12.7 Å². The van der Waals surface area contributed by atoms with Crippen LogP contribution in [-0.4, -0.2) is 21.1 Å². The first-order valence-corrected chi connectivity index (χ1v) is 7.58. The molecular weight excluding hydrogens is 279 g/mol. The summed E-state index contributed by atoms with van der Waals surface area (Å²) in [5.41, 5.74) is 3.32. The lowest BCUT2D eigenvalue weighted by molar-refractivity contribution is 0.594. The first kappa shape index (κ1) is 13.4. The summed E-state index contributed by atoms with van der Waals surface area (Å²) in [4.78, 5) is 4.35. The summed E-state index contributed by atoms with van der Waals surface area (Å²) in [5.74, 6) is -0.312. The van der Waals surface area contributed by atoms with Gasteiger partial charge in [0, 0.05) is 11.6 Å². The average molecular weight is 296 g/mol. The molecule has 4 rings (SSSR count). The predicted molar refractivity (Wildman–Crippen MR) is 83.1 cm³/mol. The lowest BCUT2D eigenvalue weighted by atomic mass is 10.1. The van der Waals surface area contributed by atoms with Crippen LogP contribution in [0.3, 0.4) is 0 Å². The van der Waals surface area contributed by atoms with E-state index in [1.54, 1.807) is 11.4 Å². The maximum atomic E-state index is 14.7. The highest BCUT2D eigenvalue weighted by Gasteiger charge is 2.22. The number of nitrogens with zero attached hydrogens (tertiary/aromatic N) is 3. The smallest absolute Gasteiger partial charge is 0.170 e. The van der Waals surface area contributed by atoms with Crippen molar-refractivity contribution in [3.05, 3.63) is 53.6 Å². The lowest BCUT2D eigenvalue weighted by Crippen LogP contribution is -2.13. The summed E-state index contributed by atoms with van der Waals surface area (Å²) in [6.45, 7) is 2.70. The van der Waals surface area contributed by atoms with Gasteiger partial charge in [0.2, 0.25) is 0 Å². The van der Waals surface area contributed by atoms with Gasteiger partial charge < -0.3 is 5.32 Å². The third-order valence-electron chi connectivity index (χ3n) is 4.19. The average Bonchev–Trinajstić information content (AvgIpc) is 3.18. The van der Waals surface area contributed by atoms with Crippen LogP contribution < -0.4 is 5.32 Å². The molecule has 1 saturated heterocycles. The zero-order valence-corrected chi connectivity index (χ0v) is 12.4. The van der Waals surface area contributed by atoms with E-state index in [-0.39, 0.29) is 11.9 Å². The number of hydrogen-bond donors (Lipinski definition) is 1. The van der Waals surface area contributed by atoms with Crippen molar-refractivity contribution in [2.75, 3.05) is 6.54 Å². The van der Waals surface area contributed by atoms with Crippen molar-refractivity contribution >= 4 is 5.65 Å². The van der Waals surface area contributed by atoms with Crippen LogP contribution in [0.1, 0.15) is 30.3 Å². The summed E-state index contributed by atoms with van der Waals surface area (Å²) in [6.07, 6.45) is 2.21. The molecule has 0 amide bonds. The van der Waals surface area contributed by atoms with Gasteiger partial charge in [-0.05, 0) is 26.3 Å². The number of halogens is 1. The molecule has 5 heteroatoms. The summed E-state index contributed by atoms with van der Waals surface area (Å²) >= 11 is 0. The van der Waals surface area contributed by atoms with Crippen LogP contribution in [0.25, 0.3) is 16.9 Å². The molecule has 1 atom stereocenters. The van der Waals surface area contributed by atoms with Crippen molar-refractivity contribution < 1.29 is 4.39 Å². The van der Waals surface area contributed by atoms with E-state index in [4.69, 9.17) is 0 Å². The fourth-order valence-corrected chi connectivity index (χ4v) is 3.07. The normalized spacial score (nSPS) is 18.2. The Labute approximate surface area is 128 Å². The predicted octanol–water partition coefficient (Wildman–Crippen LogP) is 3.27. The fourth-order valence-electron chi connectivity index (χ4n) is 3.07. The minimum atomic E-state index is -0.312. The molecule has 3 aromatic rings. The second-order valence-corrected chi connectivity index (χ2v) is 5.71. The molecule has 112 valence electrons. The molecule has 3 heterocycles. The highest BCUT2D eigenvalue weighted by molar-refractivity contribution is 5.64. The van der Waals surface area contributed by atoms with Gasteiger partial charge in [-0.2, -0.15) is 5.10 Å². The van der Waals surface area contributed by atoms with Gasteiger partial charge in [-0.1, -0.05) is 30.3 Å². The van der Waals surface area contributed by atoms with E-state index < -0.39 is 0 Å². The topological polar surface area (TPSA) is 42.2 Å². The van der Waals surface area contributed by atoms with Gasteiger partial charge in [0.05, 0.1) is 17.4 Å². The minimum Gasteiger partial charge on any atom is -0.309 e. The van der Waals surface area contributed by atoms with Crippen LogP contribution in [0.2, 0.25) is 0 Å². The number of benzene rings is 1. The second kappa shape index (κ2) is 5.18. The van der Waals surface area contributed by atoms with Crippen molar-refractivity contribution in [1.82, 2.24) is 19.9 Å². The van der Waals surface area contributed by atoms with Crippen molar-refractivity contribution in [2.45, 2.75) is 25.8 Å². The summed E-state index contributed by atoms with van der Waals surface area (Å²) < 4.78 is 16.3. The number of hydrogen-bond acceptors (Lipinski definition) is 3. The highest BCUT2D eigenvalue weighted by Crippen LogP contribution is 2.28. The van der Waals surface area contributed by atoms with E-state index >= 15 is 0 Å². The van der Waals surface area contributed by atoms with E-state index in [9.17, 15) is 4.39 Å². The Morgan fingerprint density at radius 3 is 2.82 bits per heavy atom. The van der Waals surface area contributed by atoms with Gasteiger partial charge in [0.15, 0.2) is 11.5 Å². The number of rotatable bonds is 2. The molecular formula is C17H17FN4. The molecule has 0 radical (unpaired) electrons. The molecule has 1 fully saturated rings. The first-order valence-electron chi connectivity index (χ1n) is 7.58. The Kier molecular flexibility index (Phi) is 3.15. The number of fused-ring (bicyclic) bond motifs is 1. The molecule has 1 aliphatic heterocycles. The number of nitrogens with one attached hydrogen (secondary N) is 1. The Balaban J connectivity index is 1.95. The largest absolute Gasteiger partial charge is 0.309 e. The zero-order valence-electron chi connectivity index (χ0n) is 12.4. The van der Waals surface area contributed by atoms with Crippen molar-refractivity contribution in [2.24, 2.45) is 0 Å². The molecule has 1 N–H and O–H groups in total. The molecule has 0 aliphatic carbocycles. The second-order valence-electron chi connectivity index (χ2n) is 5.71. The monoisotopic (exact) mass is 296 g/mol. The third-order valence-corrected chi connectivity index (χ3v) is 4.19. The van der Waals surface area contributed by atoms with Gasteiger partial charge in [-0.3, -0.25) is 0 Å². The summed E-state index contributed by atoms with van der Waals surface area (Å²) in [7, 11) is 0. The molecule has 0 bridgehead atoms. The number of aryl methyl sites for hydroxylation is 1. The Hall–Kier alpha value is -2.27. The zero-order chi connectivity index (χ0) is 15.1. The van der Waals surface area contributed by atoms with E-state index in [1.807, 2.05) is 36.4 Å². The quantitative estimate of drug-likeness (QED) is 0.789. The first-order chi connectivity index (χ1) is 10.7. The molecule has 4 nitrogen and oxygen atoms in total. The molecule has 0 saturated carbocycles. The van der Waals surface area contributed by atoms with E-state index in [0.717, 1.165) is 30.6 Å². The van der Waals surface area contributed by atoms with E-state index in [1.165, 1.54) is 0 Å². The molecule has 22 heavy (non-hydrogen) atoms. The van der Waals surface area contributed by atoms with Crippen LogP contribution in [0.15, 0.2) is 36.4 Å². The molecule has 1 aromatic carbocycles. The summed E-state index contributed by atoms with van der Waals surface area (Å²) in [6, 6.07) is 11.7. The molecule has 2 aromatic heterocycles. The lowest BCUT2D eigenvalue weighted by Gasteiger charge is -2.08. The Morgan fingerprint density at radius 2 is 2.09 bits per heavy atom. The highest BCUT2D eigenvalue weighted by atomic mass is 19.1. The minimum absolute atomic E-state index is 0.244. The molecule has 1 unspecified atom stereocenters. The van der Waals surface area contributed by atoms with E-state index in [0.29, 0.717) is 17.0 Å². The van der Waals surface area contributed by atoms with Crippen LogP contribution in [-0.2, 0) is 0 Å². The van der Waals surface area contributed by atoms with Crippen molar-refractivity contribution in [1.29, 1.82) is 0 Å². The van der Waals surface area contributed by atoms with Crippen LogP contribution >= 0.6 is 0 Å². The van der Waals surface area contributed by atoms with Gasteiger partial charge >= 0.3 is 0 Å². The van der Waals surface area contributed by atoms with Gasteiger partial charge in [0.1, 0.15) is 5.69 Å². The van der Waals surface area contributed by atoms with Crippen molar-refractivity contribution in [3.8, 4) is 11.3 Å². The number of aromatic nitrogens is 3. The molecule has 1 aliphatic rings. The maximum Gasteiger partial charge on any atom is 0.170 e. The summed E-state index contributed by atoms with van der Waals surface area (Å²) in [5, 5.41) is 8.05. The Bertz CT molecular complexity index is 820.